The van der Waals surface area contributed by atoms with Crippen molar-refractivity contribution in [2.45, 2.75) is 0 Å². The number of carbonyl (C=O) groups is 1. The van der Waals surface area contributed by atoms with Crippen molar-refractivity contribution in [3.8, 4) is 0 Å². The van der Waals surface area contributed by atoms with Crippen molar-refractivity contribution in [1.82, 2.24) is 0 Å². The molecule has 0 aliphatic heterocycles. The Bertz CT molecular complexity index is 973. The van der Waals surface area contributed by atoms with Gasteiger partial charge in [0.05, 0.1) is 11.1 Å². The fourth-order valence-corrected chi connectivity index (χ4v) is 2.36. The number of nitro groups is 1. The number of nitro benzene ring substituents is 1. The summed E-state index contributed by atoms with van der Waals surface area (Å²) in [6.07, 6.45) is 1.56. The molecule has 3 rings (SSSR count). The predicted molar refractivity (Wildman–Crippen MR) is 105 cm³/mol. The van der Waals surface area contributed by atoms with E-state index in [9.17, 15) is 14.9 Å². The first-order valence-electron chi connectivity index (χ1n) is 8.12. The summed E-state index contributed by atoms with van der Waals surface area (Å²) in [5, 5.41) is 18.1. The molecule has 3 aromatic carbocycles. The maximum absolute atomic E-state index is 12.3. The van der Waals surface area contributed by atoms with Crippen LogP contribution in [-0.4, -0.2) is 17.0 Å². The predicted octanol–water partition coefficient (Wildman–Crippen LogP) is 4.29. The summed E-state index contributed by atoms with van der Waals surface area (Å²) in [6.45, 7) is 0. The minimum atomic E-state index is -0.556. The summed E-state index contributed by atoms with van der Waals surface area (Å²) < 4.78 is 0. The molecule has 0 aliphatic carbocycles. The van der Waals surface area contributed by atoms with Crippen LogP contribution in [0.3, 0.4) is 0 Å². The Balaban J connectivity index is 1.77. The van der Waals surface area contributed by atoms with Crippen molar-refractivity contribution in [1.29, 1.82) is 0 Å². The van der Waals surface area contributed by atoms with Crippen LogP contribution in [0.2, 0.25) is 0 Å². The molecular formula is C20H16N4O3. The number of benzene rings is 3. The Morgan fingerprint density at radius 3 is 2.30 bits per heavy atom. The first kappa shape index (κ1) is 17.8. The molecule has 0 radical (unpaired) electrons. The Morgan fingerprint density at radius 1 is 0.963 bits per heavy atom. The standard InChI is InChI=1S/C20H16N4O3/c25-20(22-17-9-5-2-6-10-17)16-11-12-18(19(13-16)24(26)27)23-21-14-15-7-3-1-4-8-15/h1-14,23H,(H,22,25). The second-order valence-corrected chi connectivity index (χ2v) is 5.59. The molecule has 0 saturated carbocycles. The topological polar surface area (TPSA) is 96.6 Å². The maximum atomic E-state index is 12.3. The molecule has 27 heavy (non-hydrogen) atoms. The van der Waals surface area contributed by atoms with Gasteiger partial charge in [-0.2, -0.15) is 5.10 Å². The highest BCUT2D eigenvalue weighted by molar-refractivity contribution is 6.05. The molecule has 0 unspecified atom stereocenters. The fraction of sp³-hybridized carbons (Fsp3) is 0. The smallest absolute Gasteiger partial charge is 0.294 e. The number of hydrogen-bond donors (Lipinski definition) is 2. The van der Waals surface area contributed by atoms with Crippen LogP contribution in [0, 0.1) is 10.1 Å². The molecule has 134 valence electrons. The van der Waals surface area contributed by atoms with Gasteiger partial charge in [-0.25, -0.2) is 0 Å². The van der Waals surface area contributed by atoms with Crippen LogP contribution < -0.4 is 10.7 Å². The number of rotatable bonds is 6. The molecular weight excluding hydrogens is 344 g/mol. The van der Waals surface area contributed by atoms with Crippen LogP contribution in [0.15, 0.2) is 84.0 Å². The molecule has 1 amide bonds. The van der Waals surface area contributed by atoms with Crippen LogP contribution >= 0.6 is 0 Å². The van der Waals surface area contributed by atoms with E-state index in [1.807, 2.05) is 36.4 Å². The number of anilines is 2. The molecule has 0 aliphatic rings. The lowest BCUT2D eigenvalue weighted by atomic mass is 10.1. The van der Waals surface area contributed by atoms with Crippen molar-refractivity contribution in [3.63, 3.8) is 0 Å². The zero-order valence-electron chi connectivity index (χ0n) is 14.2. The molecule has 7 nitrogen and oxygen atoms in total. The number of nitrogens with zero attached hydrogens (tertiary/aromatic N) is 2. The highest BCUT2D eigenvalue weighted by Gasteiger charge is 2.17. The van der Waals surface area contributed by atoms with Gasteiger partial charge in [0.1, 0.15) is 5.69 Å². The zero-order valence-corrected chi connectivity index (χ0v) is 14.2. The summed E-state index contributed by atoms with van der Waals surface area (Å²) in [6, 6.07) is 22.4. The van der Waals surface area contributed by atoms with Gasteiger partial charge in [0.25, 0.3) is 11.6 Å². The first-order chi connectivity index (χ1) is 13.1. The highest BCUT2D eigenvalue weighted by atomic mass is 16.6. The molecule has 0 fully saturated rings. The van der Waals surface area contributed by atoms with E-state index in [1.165, 1.54) is 18.2 Å². The van der Waals surface area contributed by atoms with Crippen molar-refractivity contribution in [2.24, 2.45) is 5.10 Å². The van der Waals surface area contributed by atoms with Gasteiger partial charge in [-0.05, 0) is 29.8 Å². The number of para-hydroxylation sites is 1. The molecule has 7 heteroatoms. The first-order valence-corrected chi connectivity index (χ1v) is 8.12. The van der Waals surface area contributed by atoms with E-state index in [2.05, 4.69) is 15.8 Å². The summed E-state index contributed by atoms with van der Waals surface area (Å²) >= 11 is 0. The van der Waals surface area contributed by atoms with E-state index in [-0.39, 0.29) is 16.9 Å². The lowest BCUT2D eigenvalue weighted by molar-refractivity contribution is -0.384. The van der Waals surface area contributed by atoms with E-state index in [0.717, 1.165) is 5.56 Å². The van der Waals surface area contributed by atoms with Gasteiger partial charge in [0.15, 0.2) is 0 Å². The average Bonchev–Trinajstić information content (AvgIpc) is 2.69. The normalized spacial score (nSPS) is 10.5. The number of amides is 1. The third-order valence-electron chi connectivity index (χ3n) is 3.69. The second-order valence-electron chi connectivity index (χ2n) is 5.59. The van der Waals surface area contributed by atoms with Crippen LogP contribution in [0.1, 0.15) is 15.9 Å². The molecule has 0 heterocycles. The maximum Gasteiger partial charge on any atom is 0.294 e. The molecule has 0 atom stereocenters. The molecule has 3 aromatic rings. The van der Waals surface area contributed by atoms with Gasteiger partial charge in [-0.1, -0.05) is 48.5 Å². The van der Waals surface area contributed by atoms with Crippen molar-refractivity contribution < 1.29 is 9.72 Å². The monoisotopic (exact) mass is 360 g/mol. The molecule has 0 saturated heterocycles. The molecule has 0 aromatic heterocycles. The van der Waals surface area contributed by atoms with Gasteiger partial charge in [0.2, 0.25) is 0 Å². The van der Waals surface area contributed by atoms with Crippen LogP contribution in [-0.2, 0) is 0 Å². The third-order valence-corrected chi connectivity index (χ3v) is 3.69. The quantitative estimate of drug-likeness (QED) is 0.389. The SMILES string of the molecule is O=C(Nc1ccccc1)c1ccc(NN=Cc2ccccc2)c([N+](=O)[O-])c1. The van der Waals surface area contributed by atoms with Crippen molar-refractivity contribution in [3.05, 3.63) is 100 Å². The summed E-state index contributed by atoms with van der Waals surface area (Å²) in [5.41, 5.74) is 4.27. The summed E-state index contributed by atoms with van der Waals surface area (Å²) in [4.78, 5) is 23.1. The van der Waals surface area contributed by atoms with Crippen molar-refractivity contribution >= 4 is 29.2 Å². The van der Waals surface area contributed by atoms with E-state index in [4.69, 9.17) is 0 Å². The van der Waals surface area contributed by atoms with Gasteiger partial charge >= 0.3 is 0 Å². The molecule has 0 spiro atoms. The van der Waals surface area contributed by atoms with Crippen LogP contribution in [0.4, 0.5) is 17.1 Å². The third kappa shape index (κ3) is 4.76. The lowest BCUT2D eigenvalue weighted by Crippen LogP contribution is -2.12. The van der Waals surface area contributed by atoms with Gasteiger partial charge in [0, 0.05) is 17.3 Å². The second kappa shape index (κ2) is 8.39. The van der Waals surface area contributed by atoms with Crippen LogP contribution in [0.5, 0.6) is 0 Å². The largest absolute Gasteiger partial charge is 0.322 e. The van der Waals surface area contributed by atoms with E-state index in [0.29, 0.717) is 5.69 Å². The summed E-state index contributed by atoms with van der Waals surface area (Å²) in [7, 11) is 0. The summed E-state index contributed by atoms with van der Waals surface area (Å²) in [5.74, 6) is -0.427. The Morgan fingerprint density at radius 2 is 1.63 bits per heavy atom. The fourth-order valence-electron chi connectivity index (χ4n) is 2.36. The minimum Gasteiger partial charge on any atom is -0.322 e. The Labute approximate surface area is 155 Å². The van der Waals surface area contributed by atoms with E-state index in [1.54, 1.807) is 30.5 Å². The van der Waals surface area contributed by atoms with Crippen LogP contribution in [0.25, 0.3) is 0 Å². The minimum absolute atomic E-state index is 0.183. The number of nitrogens with one attached hydrogen (secondary N) is 2. The van der Waals surface area contributed by atoms with Crippen molar-refractivity contribution in [2.75, 3.05) is 10.7 Å². The van der Waals surface area contributed by atoms with E-state index >= 15 is 0 Å². The van der Waals surface area contributed by atoms with E-state index < -0.39 is 10.8 Å². The Kier molecular flexibility index (Phi) is 5.54. The molecule has 0 bridgehead atoms. The van der Waals surface area contributed by atoms with Gasteiger partial charge in [-0.15, -0.1) is 0 Å². The number of carbonyl (C=O) groups excluding carboxylic acids is 1. The Hall–Kier alpha value is -4.00. The number of hydrazone groups is 1. The average molecular weight is 360 g/mol. The van der Waals surface area contributed by atoms with Gasteiger partial charge in [-0.3, -0.25) is 20.3 Å². The zero-order chi connectivity index (χ0) is 19.1. The van der Waals surface area contributed by atoms with Gasteiger partial charge < -0.3 is 5.32 Å². The highest BCUT2D eigenvalue weighted by Crippen LogP contribution is 2.26. The lowest BCUT2D eigenvalue weighted by Gasteiger charge is -2.07. The molecule has 2 N–H and O–H groups in total. The number of hydrogen-bond acceptors (Lipinski definition) is 5.